The Hall–Kier alpha value is -1.88. The molecule has 0 amide bonds. The molecule has 4 fully saturated rings. The summed E-state index contributed by atoms with van der Waals surface area (Å²) in [5, 5.41) is 0. The normalized spacial score (nSPS) is 36.5. The van der Waals surface area contributed by atoms with Crippen molar-refractivity contribution in [2.24, 2.45) is 39.4 Å². The van der Waals surface area contributed by atoms with Gasteiger partial charge in [-0.05, 0) is 72.0 Å². The Morgan fingerprint density at radius 2 is 1.39 bits per heavy atom. The lowest BCUT2D eigenvalue weighted by Crippen LogP contribution is -2.43. The fourth-order valence-corrected chi connectivity index (χ4v) is 11.3. The van der Waals surface area contributed by atoms with Gasteiger partial charge in [-0.25, -0.2) is 0 Å². The molecule has 5 unspecified atom stereocenters. The van der Waals surface area contributed by atoms with Crippen LogP contribution in [0.5, 0.6) is 0 Å². The molecule has 4 saturated carbocycles. The standard InChI is InChI=1S/C28H36O8S2/c1-25(2)21-9-11-27(25,15-37(31,32)33)23(29)19(21)13-17-5-7-18(8-6-17)14-20-22-10-12-28(24(20)30,26(22,3)4)16-38(34,35)36/h5-8,13,20-22H,9-12,14-16H2,1-4H3,(H,31,32,33)(H,34,35,36)/b19-13+. The van der Waals surface area contributed by atoms with Crippen LogP contribution in [-0.4, -0.2) is 49.0 Å². The summed E-state index contributed by atoms with van der Waals surface area (Å²) < 4.78 is 66.2. The van der Waals surface area contributed by atoms with Crippen LogP contribution in [0.1, 0.15) is 64.5 Å². The SMILES string of the molecule is CC1(C)C2CCC1(CS(=O)(=O)O)C(=O)/C2=C/c1ccc(CC2C(=O)C3(CS(=O)(=O)O)CCC2C3(C)C)cc1. The highest BCUT2D eigenvalue weighted by molar-refractivity contribution is 7.86. The summed E-state index contributed by atoms with van der Waals surface area (Å²) in [5.74, 6) is -1.77. The predicted octanol–water partition coefficient (Wildman–Crippen LogP) is 4.01. The number of carbonyl (C=O) groups is 2. The zero-order valence-electron chi connectivity index (χ0n) is 22.2. The molecule has 0 aliphatic heterocycles. The smallest absolute Gasteiger partial charge is 0.265 e. The van der Waals surface area contributed by atoms with Crippen molar-refractivity contribution in [3.8, 4) is 0 Å². The highest BCUT2D eigenvalue weighted by Gasteiger charge is 2.69. The van der Waals surface area contributed by atoms with Gasteiger partial charge in [-0.2, -0.15) is 16.8 Å². The second-order valence-corrected chi connectivity index (χ2v) is 16.0. The van der Waals surface area contributed by atoms with Crippen LogP contribution < -0.4 is 0 Å². The van der Waals surface area contributed by atoms with Crippen molar-refractivity contribution in [2.45, 2.75) is 59.8 Å². The van der Waals surface area contributed by atoms with Gasteiger partial charge in [0.15, 0.2) is 5.78 Å². The number of carbonyl (C=O) groups excluding carboxylic acids is 2. The minimum atomic E-state index is -4.32. The zero-order chi connectivity index (χ0) is 28.1. The maximum atomic E-state index is 13.5. The van der Waals surface area contributed by atoms with Crippen LogP contribution in [-0.2, 0) is 36.2 Å². The van der Waals surface area contributed by atoms with Gasteiger partial charge in [-0.15, -0.1) is 0 Å². The van der Waals surface area contributed by atoms with Crippen molar-refractivity contribution in [1.82, 2.24) is 0 Å². The molecule has 1 aromatic carbocycles. The topological polar surface area (TPSA) is 143 Å². The minimum absolute atomic E-state index is 0.0337. The molecular formula is C28H36O8S2. The van der Waals surface area contributed by atoms with Gasteiger partial charge in [-0.1, -0.05) is 52.0 Å². The van der Waals surface area contributed by atoms with Crippen LogP contribution in [0, 0.1) is 39.4 Å². The van der Waals surface area contributed by atoms with Gasteiger partial charge in [0.05, 0.1) is 22.3 Å². The maximum Gasteiger partial charge on any atom is 0.265 e. The Balaban J connectivity index is 1.38. The molecule has 0 heterocycles. The molecule has 0 saturated heterocycles. The maximum absolute atomic E-state index is 13.5. The lowest BCUT2D eigenvalue weighted by Gasteiger charge is -2.35. The van der Waals surface area contributed by atoms with Crippen LogP contribution in [0.3, 0.4) is 0 Å². The molecule has 0 spiro atoms. The Bertz CT molecular complexity index is 1450. The number of hydrogen-bond acceptors (Lipinski definition) is 6. The number of allylic oxidation sites excluding steroid dienone is 1. The highest BCUT2D eigenvalue weighted by Crippen LogP contribution is 2.67. The summed E-state index contributed by atoms with van der Waals surface area (Å²) >= 11 is 0. The first-order chi connectivity index (χ1) is 17.3. The van der Waals surface area contributed by atoms with Crippen LogP contribution in [0.25, 0.3) is 6.08 Å². The Morgan fingerprint density at radius 1 is 0.842 bits per heavy atom. The fourth-order valence-electron chi connectivity index (χ4n) is 8.77. The van der Waals surface area contributed by atoms with Crippen molar-refractivity contribution in [3.05, 3.63) is 41.0 Å². The van der Waals surface area contributed by atoms with E-state index in [0.29, 0.717) is 31.3 Å². The van der Waals surface area contributed by atoms with Crippen molar-refractivity contribution >= 4 is 37.9 Å². The van der Waals surface area contributed by atoms with Gasteiger partial charge in [0, 0.05) is 11.5 Å². The first kappa shape index (κ1) is 27.7. The van der Waals surface area contributed by atoms with Gasteiger partial charge in [0.25, 0.3) is 20.2 Å². The third-order valence-electron chi connectivity index (χ3n) is 11.0. The lowest BCUT2D eigenvalue weighted by atomic mass is 9.70. The third kappa shape index (κ3) is 3.89. The number of fused-ring (bicyclic) bond motifs is 4. The summed E-state index contributed by atoms with van der Waals surface area (Å²) in [5.41, 5.74) is -0.976. The molecule has 10 heteroatoms. The molecule has 0 aromatic heterocycles. The van der Waals surface area contributed by atoms with E-state index in [4.69, 9.17) is 0 Å². The van der Waals surface area contributed by atoms with Gasteiger partial charge < -0.3 is 0 Å². The van der Waals surface area contributed by atoms with E-state index < -0.39 is 53.4 Å². The average Bonchev–Trinajstić information content (AvgIpc) is 3.27. The van der Waals surface area contributed by atoms with Crippen LogP contribution in [0.2, 0.25) is 0 Å². The van der Waals surface area contributed by atoms with E-state index in [9.17, 15) is 35.5 Å². The Morgan fingerprint density at radius 3 is 1.97 bits per heavy atom. The minimum Gasteiger partial charge on any atom is -0.299 e. The molecule has 4 bridgehead atoms. The first-order valence-corrected chi connectivity index (χ1v) is 16.4. The van der Waals surface area contributed by atoms with Crippen molar-refractivity contribution in [1.29, 1.82) is 0 Å². The quantitative estimate of drug-likeness (QED) is 0.374. The molecular weight excluding hydrogens is 528 g/mol. The van der Waals surface area contributed by atoms with Gasteiger partial charge in [0.2, 0.25) is 0 Å². The third-order valence-corrected chi connectivity index (χ3v) is 12.7. The molecule has 4 aliphatic rings. The molecule has 208 valence electrons. The highest BCUT2D eigenvalue weighted by atomic mass is 32.2. The molecule has 2 N–H and O–H groups in total. The Labute approximate surface area is 224 Å². The molecule has 5 rings (SSSR count). The molecule has 4 aliphatic carbocycles. The lowest BCUT2D eigenvalue weighted by molar-refractivity contribution is -0.131. The van der Waals surface area contributed by atoms with E-state index in [1.807, 2.05) is 58.0 Å². The second kappa shape index (κ2) is 8.32. The fraction of sp³-hybridized carbons (Fsp3) is 0.643. The first-order valence-electron chi connectivity index (χ1n) is 13.1. The molecule has 5 atom stereocenters. The monoisotopic (exact) mass is 564 g/mol. The van der Waals surface area contributed by atoms with Crippen LogP contribution in [0.15, 0.2) is 29.8 Å². The summed E-state index contributed by atoms with van der Waals surface area (Å²) in [6.45, 7) is 7.68. The molecule has 1 aromatic rings. The van der Waals surface area contributed by atoms with E-state index in [1.165, 1.54) is 0 Å². The largest absolute Gasteiger partial charge is 0.299 e. The van der Waals surface area contributed by atoms with Gasteiger partial charge in [-0.3, -0.25) is 18.7 Å². The van der Waals surface area contributed by atoms with Crippen LogP contribution in [0.4, 0.5) is 0 Å². The zero-order valence-corrected chi connectivity index (χ0v) is 23.9. The molecule has 8 nitrogen and oxygen atoms in total. The Kier molecular flexibility index (Phi) is 6.06. The van der Waals surface area contributed by atoms with Crippen molar-refractivity contribution in [2.75, 3.05) is 11.5 Å². The van der Waals surface area contributed by atoms with E-state index >= 15 is 0 Å². The van der Waals surface area contributed by atoms with E-state index in [2.05, 4.69) is 0 Å². The van der Waals surface area contributed by atoms with E-state index in [1.54, 1.807) is 0 Å². The van der Waals surface area contributed by atoms with Crippen molar-refractivity contribution < 1.29 is 35.5 Å². The number of hydrogen-bond donors (Lipinski definition) is 2. The van der Waals surface area contributed by atoms with Crippen molar-refractivity contribution in [3.63, 3.8) is 0 Å². The number of rotatable bonds is 7. The summed E-state index contributed by atoms with van der Waals surface area (Å²) in [7, 11) is -8.63. The second-order valence-electron chi connectivity index (χ2n) is 13.1. The number of ketones is 2. The number of Topliss-reactive ketones (excluding diaryl/α,β-unsaturated/α-hetero) is 2. The van der Waals surface area contributed by atoms with Crippen LogP contribution >= 0.6 is 0 Å². The van der Waals surface area contributed by atoms with E-state index in [0.717, 1.165) is 17.5 Å². The number of benzene rings is 1. The van der Waals surface area contributed by atoms with Gasteiger partial charge >= 0.3 is 0 Å². The van der Waals surface area contributed by atoms with Gasteiger partial charge in [0.1, 0.15) is 5.78 Å². The summed E-state index contributed by atoms with van der Waals surface area (Å²) in [4.78, 5) is 26.9. The summed E-state index contributed by atoms with van der Waals surface area (Å²) in [6, 6.07) is 7.57. The summed E-state index contributed by atoms with van der Waals surface area (Å²) in [6.07, 6.45) is 4.63. The van der Waals surface area contributed by atoms with E-state index in [-0.39, 0.29) is 29.3 Å². The molecule has 38 heavy (non-hydrogen) atoms. The average molecular weight is 565 g/mol. The molecule has 0 radical (unpaired) electrons. The predicted molar refractivity (Wildman–Crippen MR) is 142 cm³/mol.